The molecule has 0 fully saturated rings. The molecule has 3 aromatic rings. The van der Waals surface area contributed by atoms with Gasteiger partial charge in [0.2, 0.25) is 11.2 Å². The van der Waals surface area contributed by atoms with Crippen LogP contribution in [0.2, 0.25) is 5.28 Å². The largest absolute Gasteiger partial charge is 0.496 e. The maximum atomic E-state index is 12.1. The number of carbonyl (C=O) groups is 1. The number of carbonyl (C=O) groups excluding carboxylic acids is 1. The zero-order valence-corrected chi connectivity index (χ0v) is 15.0. The molecule has 3 rings (SSSR count). The van der Waals surface area contributed by atoms with Gasteiger partial charge in [-0.05, 0) is 29.7 Å². The van der Waals surface area contributed by atoms with E-state index in [0.29, 0.717) is 29.2 Å². The second-order valence-electron chi connectivity index (χ2n) is 5.10. The number of fused-ring (bicyclic) bond motifs is 1. The summed E-state index contributed by atoms with van der Waals surface area (Å²) >= 11 is 7.16. The van der Waals surface area contributed by atoms with E-state index >= 15 is 0 Å². The Kier molecular flexibility index (Phi) is 5.72. The highest BCUT2D eigenvalue weighted by Crippen LogP contribution is 2.24. The van der Waals surface area contributed by atoms with E-state index in [4.69, 9.17) is 16.3 Å². The Bertz CT molecular complexity index is 886. The van der Waals surface area contributed by atoms with E-state index < -0.39 is 0 Å². The van der Waals surface area contributed by atoms with Crippen molar-refractivity contribution in [3.63, 3.8) is 0 Å². The van der Waals surface area contributed by atoms with Crippen LogP contribution >= 0.6 is 23.4 Å². The van der Waals surface area contributed by atoms with Crippen molar-refractivity contribution < 1.29 is 9.53 Å². The number of thioether (sulfide) groups is 1. The summed E-state index contributed by atoms with van der Waals surface area (Å²) in [5.74, 6) is 0.971. The number of imidazole rings is 1. The summed E-state index contributed by atoms with van der Waals surface area (Å²) in [6, 6.07) is 7.75. The molecule has 0 aliphatic rings. The molecule has 0 radical (unpaired) electrons. The monoisotopic (exact) mass is 377 g/mol. The standard InChI is InChI=1S/C16H16ClN5O2S/c1-24-11-5-3-2-4-10(11)6-7-18-12(23)8-25-15-13-14(20-9-19-13)21-16(17)22-15/h2-5,9H,6-8H2,1H3,(H,18,23)(H,19,20,21,22). The number of nitrogens with one attached hydrogen (secondary N) is 2. The molecule has 0 aliphatic heterocycles. The van der Waals surface area contributed by atoms with Crippen LogP contribution in [0, 0.1) is 0 Å². The number of H-pyrrole nitrogens is 1. The van der Waals surface area contributed by atoms with Gasteiger partial charge in [0.25, 0.3) is 0 Å². The number of rotatable bonds is 7. The van der Waals surface area contributed by atoms with Crippen molar-refractivity contribution in [2.24, 2.45) is 0 Å². The summed E-state index contributed by atoms with van der Waals surface area (Å²) in [4.78, 5) is 27.2. The molecule has 0 saturated carbocycles. The minimum atomic E-state index is -0.0812. The van der Waals surface area contributed by atoms with E-state index in [1.807, 2.05) is 24.3 Å². The zero-order chi connectivity index (χ0) is 17.6. The Morgan fingerprint density at radius 1 is 1.36 bits per heavy atom. The number of methoxy groups -OCH3 is 1. The predicted octanol–water partition coefficient (Wildman–Crippen LogP) is 2.47. The van der Waals surface area contributed by atoms with Crippen molar-refractivity contribution in [2.75, 3.05) is 19.4 Å². The zero-order valence-electron chi connectivity index (χ0n) is 13.5. The molecule has 9 heteroatoms. The van der Waals surface area contributed by atoms with Gasteiger partial charge in [0.15, 0.2) is 5.65 Å². The number of halogens is 1. The van der Waals surface area contributed by atoms with Crippen LogP contribution in [0.4, 0.5) is 0 Å². The van der Waals surface area contributed by atoms with E-state index in [2.05, 4.69) is 25.3 Å². The first kappa shape index (κ1) is 17.5. The van der Waals surface area contributed by atoms with Crippen LogP contribution in [0.15, 0.2) is 35.6 Å². The van der Waals surface area contributed by atoms with E-state index in [0.717, 1.165) is 11.3 Å². The third kappa shape index (κ3) is 4.40. The van der Waals surface area contributed by atoms with Gasteiger partial charge < -0.3 is 15.0 Å². The summed E-state index contributed by atoms with van der Waals surface area (Å²) in [5.41, 5.74) is 2.22. The summed E-state index contributed by atoms with van der Waals surface area (Å²) < 4.78 is 5.30. The molecular weight excluding hydrogens is 362 g/mol. The second-order valence-corrected chi connectivity index (χ2v) is 6.40. The summed E-state index contributed by atoms with van der Waals surface area (Å²) in [6.45, 7) is 0.532. The van der Waals surface area contributed by atoms with Crippen molar-refractivity contribution in [2.45, 2.75) is 11.4 Å². The van der Waals surface area contributed by atoms with Gasteiger partial charge in [-0.15, -0.1) is 0 Å². The van der Waals surface area contributed by atoms with Crippen LogP contribution in [0.25, 0.3) is 11.2 Å². The summed E-state index contributed by atoms with van der Waals surface area (Å²) in [6.07, 6.45) is 2.22. The lowest BCUT2D eigenvalue weighted by Gasteiger charge is -2.09. The van der Waals surface area contributed by atoms with Gasteiger partial charge in [-0.25, -0.2) is 9.97 Å². The van der Waals surface area contributed by atoms with Crippen LogP contribution in [-0.2, 0) is 11.2 Å². The Morgan fingerprint density at radius 2 is 2.20 bits per heavy atom. The molecule has 0 aliphatic carbocycles. The molecule has 7 nitrogen and oxygen atoms in total. The first-order valence-corrected chi connectivity index (χ1v) is 8.91. The molecule has 2 heterocycles. The van der Waals surface area contributed by atoms with E-state index in [9.17, 15) is 4.79 Å². The quantitative estimate of drug-likeness (QED) is 0.373. The Morgan fingerprint density at radius 3 is 3.04 bits per heavy atom. The molecule has 2 N–H and O–H groups in total. The molecule has 25 heavy (non-hydrogen) atoms. The van der Waals surface area contributed by atoms with Crippen molar-refractivity contribution in [1.29, 1.82) is 0 Å². The lowest BCUT2D eigenvalue weighted by Crippen LogP contribution is -2.27. The fraction of sp³-hybridized carbons (Fsp3) is 0.250. The number of nitrogens with zero attached hydrogens (tertiary/aromatic N) is 3. The predicted molar refractivity (Wildman–Crippen MR) is 97.1 cm³/mol. The highest BCUT2D eigenvalue weighted by molar-refractivity contribution is 8.00. The van der Waals surface area contributed by atoms with Crippen LogP contribution in [0.3, 0.4) is 0 Å². The van der Waals surface area contributed by atoms with Gasteiger partial charge in [0, 0.05) is 6.54 Å². The molecule has 2 aromatic heterocycles. The van der Waals surface area contributed by atoms with Crippen molar-refractivity contribution in [3.05, 3.63) is 41.4 Å². The normalized spacial score (nSPS) is 10.8. The van der Waals surface area contributed by atoms with Crippen LogP contribution in [-0.4, -0.2) is 45.3 Å². The minimum absolute atomic E-state index is 0.0812. The number of hydrogen-bond donors (Lipinski definition) is 2. The molecule has 0 atom stereocenters. The number of hydrogen-bond acceptors (Lipinski definition) is 6. The lowest BCUT2D eigenvalue weighted by molar-refractivity contribution is -0.118. The number of benzene rings is 1. The van der Waals surface area contributed by atoms with Crippen LogP contribution in [0.5, 0.6) is 5.75 Å². The highest BCUT2D eigenvalue weighted by Gasteiger charge is 2.11. The summed E-state index contributed by atoms with van der Waals surface area (Å²) in [7, 11) is 1.64. The molecule has 0 unspecified atom stereocenters. The van der Waals surface area contributed by atoms with Gasteiger partial charge in [-0.1, -0.05) is 30.0 Å². The summed E-state index contributed by atoms with van der Waals surface area (Å²) in [5, 5.41) is 3.61. The number of aromatic nitrogens is 4. The maximum absolute atomic E-state index is 12.1. The third-order valence-electron chi connectivity index (χ3n) is 3.47. The second kappa shape index (κ2) is 8.17. The lowest BCUT2D eigenvalue weighted by atomic mass is 10.1. The van der Waals surface area contributed by atoms with E-state index in [-0.39, 0.29) is 16.9 Å². The smallest absolute Gasteiger partial charge is 0.230 e. The van der Waals surface area contributed by atoms with Crippen LogP contribution < -0.4 is 10.1 Å². The van der Waals surface area contributed by atoms with Gasteiger partial charge in [0.1, 0.15) is 16.3 Å². The highest BCUT2D eigenvalue weighted by atomic mass is 35.5. The minimum Gasteiger partial charge on any atom is -0.496 e. The molecule has 0 spiro atoms. The van der Waals surface area contributed by atoms with Crippen molar-refractivity contribution in [3.8, 4) is 5.75 Å². The SMILES string of the molecule is COc1ccccc1CCNC(=O)CSc1nc(Cl)nc2nc[nH]c12. The van der Waals surface area contributed by atoms with Gasteiger partial charge in [-0.2, -0.15) is 4.98 Å². The first-order valence-electron chi connectivity index (χ1n) is 7.55. The topological polar surface area (TPSA) is 92.8 Å². The maximum Gasteiger partial charge on any atom is 0.230 e. The third-order valence-corrected chi connectivity index (χ3v) is 4.62. The van der Waals surface area contributed by atoms with Gasteiger partial charge >= 0.3 is 0 Å². The molecule has 0 saturated heterocycles. The van der Waals surface area contributed by atoms with E-state index in [1.54, 1.807) is 7.11 Å². The Hall–Kier alpha value is -2.32. The molecule has 130 valence electrons. The fourth-order valence-electron chi connectivity index (χ4n) is 2.32. The van der Waals surface area contributed by atoms with Crippen LogP contribution in [0.1, 0.15) is 5.56 Å². The molecule has 1 amide bonds. The molecular formula is C16H16ClN5O2S. The number of ether oxygens (including phenoxy) is 1. The molecule has 0 bridgehead atoms. The Labute approximate surface area is 153 Å². The Balaban J connectivity index is 1.52. The fourth-order valence-corrected chi connectivity index (χ4v) is 3.35. The number of para-hydroxylation sites is 1. The molecule has 1 aromatic carbocycles. The van der Waals surface area contributed by atoms with Crippen molar-refractivity contribution in [1.82, 2.24) is 25.3 Å². The first-order chi connectivity index (χ1) is 12.2. The number of aromatic amines is 1. The van der Waals surface area contributed by atoms with Gasteiger partial charge in [0.05, 0.1) is 19.2 Å². The average molecular weight is 378 g/mol. The number of amides is 1. The van der Waals surface area contributed by atoms with Crippen molar-refractivity contribution >= 4 is 40.4 Å². The average Bonchev–Trinajstić information content (AvgIpc) is 3.08. The van der Waals surface area contributed by atoms with Gasteiger partial charge in [-0.3, -0.25) is 4.79 Å². The van der Waals surface area contributed by atoms with E-state index in [1.165, 1.54) is 18.1 Å².